The van der Waals surface area contributed by atoms with E-state index in [2.05, 4.69) is 27.6 Å². The number of imidazole rings is 1. The van der Waals surface area contributed by atoms with Crippen molar-refractivity contribution in [2.24, 2.45) is 0 Å². The maximum absolute atomic E-state index is 11.1. The maximum atomic E-state index is 11.1. The summed E-state index contributed by atoms with van der Waals surface area (Å²) in [4.78, 5) is 15.5. The van der Waals surface area contributed by atoms with E-state index in [9.17, 15) is 4.79 Å². The zero-order valence-electron chi connectivity index (χ0n) is 8.72. The normalized spacial score (nSPS) is 12.9. The average molecular weight is 330 g/mol. The van der Waals surface area contributed by atoms with E-state index in [0.29, 0.717) is 12.2 Å². The molecular weight excluding hydrogens is 319 g/mol. The van der Waals surface area contributed by atoms with Crippen LogP contribution >= 0.6 is 22.6 Å². The summed E-state index contributed by atoms with van der Waals surface area (Å²) in [5.41, 5.74) is 0.956. The van der Waals surface area contributed by atoms with Crippen LogP contribution in [0.1, 0.15) is 25.1 Å². The van der Waals surface area contributed by atoms with Gasteiger partial charge in [0, 0.05) is 6.20 Å². The first-order valence-electron chi connectivity index (χ1n) is 5.00. The monoisotopic (exact) mass is 330 g/mol. The zero-order valence-corrected chi connectivity index (χ0v) is 10.9. The van der Waals surface area contributed by atoms with Crippen molar-refractivity contribution in [3.63, 3.8) is 0 Å². The first-order valence-corrected chi connectivity index (χ1v) is 6.08. The van der Waals surface area contributed by atoms with E-state index in [4.69, 9.17) is 5.11 Å². The molecule has 5 heteroatoms. The Morgan fingerprint density at radius 1 is 1.62 bits per heavy atom. The summed E-state index contributed by atoms with van der Waals surface area (Å²) >= 11 is 2.13. The molecule has 1 atom stereocenters. The molecule has 2 aromatic heterocycles. The highest BCUT2D eigenvalue weighted by Crippen LogP contribution is 2.23. The van der Waals surface area contributed by atoms with E-state index in [1.54, 1.807) is 0 Å². The molecule has 0 aliphatic rings. The Hall–Kier alpha value is -1.11. The second-order valence-corrected chi connectivity index (χ2v) is 4.54. The van der Waals surface area contributed by atoms with E-state index < -0.39 is 11.9 Å². The number of hydrogen-bond acceptors (Lipinski definition) is 2. The number of hydrogen-bond donors (Lipinski definition) is 1. The van der Waals surface area contributed by atoms with Gasteiger partial charge in [-0.25, -0.2) is 4.98 Å². The number of fused-ring (bicyclic) bond motifs is 1. The molecule has 2 heterocycles. The summed E-state index contributed by atoms with van der Waals surface area (Å²) in [6.45, 7) is 1.86. The number of halogens is 1. The molecule has 0 aromatic carbocycles. The number of rotatable bonds is 3. The SMILES string of the molecule is CCC(C(=O)O)c1nc(I)c2ccccn12. The van der Waals surface area contributed by atoms with Crippen molar-refractivity contribution >= 4 is 34.1 Å². The minimum Gasteiger partial charge on any atom is -0.481 e. The third kappa shape index (κ3) is 1.79. The molecule has 4 nitrogen and oxygen atoms in total. The highest BCUT2D eigenvalue weighted by atomic mass is 127. The number of aliphatic carboxylic acids is 1. The molecule has 0 aliphatic carbocycles. The number of nitrogens with zero attached hydrogens (tertiary/aromatic N) is 2. The highest BCUT2D eigenvalue weighted by molar-refractivity contribution is 14.1. The minimum absolute atomic E-state index is 0.541. The van der Waals surface area contributed by atoms with Gasteiger partial charge in [0.05, 0.1) is 5.52 Å². The van der Waals surface area contributed by atoms with Crippen molar-refractivity contribution < 1.29 is 9.90 Å². The van der Waals surface area contributed by atoms with Crippen LogP contribution < -0.4 is 0 Å². The van der Waals surface area contributed by atoms with Crippen molar-refractivity contribution in [1.29, 1.82) is 0 Å². The van der Waals surface area contributed by atoms with Gasteiger partial charge in [0.1, 0.15) is 15.4 Å². The molecule has 0 aliphatic heterocycles. The van der Waals surface area contributed by atoms with Crippen LogP contribution in [0.4, 0.5) is 0 Å². The van der Waals surface area contributed by atoms with Gasteiger partial charge in [-0.05, 0) is 41.1 Å². The van der Waals surface area contributed by atoms with Gasteiger partial charge < -0.3 is 9.51 Å². The van der Waals surface area contributed by atoms with Crippen molar-refractivity contribution in [3.8, 4) is 0 Å². The molecule has 1 N–H and O–H groups in total. The largest absolute Gasteiger partial charge is 0.481 e. The van der Waals surface area contributed by atoms with Crippen LogP contribution in [0.5, 0.6) is 0 Å². The van der Waals surface area contributed by atoms with Gasteiger partial charge in [0.25, 0.3) is 0 Å². The van der Waals surface area contributed by atoms with Crippen LogP contribution in [0.3, 0.4) is 0 Å². The topological polar surface area (TPSA) is 54.6 Å². The van der Waals surface area contributed by atoms with Crippen LogP contribution in [0.25, 0.3) is 5.52 Å². The molecule has 1 unspecified atom stereocenters. The number of carbonyl (C=O) groups is 1. The standard InChI is InChI=1S/C11H11IN2O2/c1-2-7(11(15)16)10-13-9(12)8-5-3-4-6-14(8)10/h3-7H,2H2,1H3,(H,15,16). The predicted molar refractivity (Wildman–Crippen MR) is 68.6 cm³/mol. The first-order chi connectivity index (χ1) is 7.65. The summed E-state index contributed by atoms with van der Waals surface area (Å²) in [5, 5.41) is 9.14. The second-order valence-electron chi connectivity index (χ2n) is 3.52. The van der Waals surface area contributed by atoms with Gasteiger partial charge >= 0.3 is 5.97 Å². The Morgan fingerprint density at radius 3 is 3.00 bits per heavy atom. The van der Waals surface area contributed by atoms with Crippen molar-refractivity contribution in [2.45, 2.75) is 19.3 Å². The summed E-state index contributed by atoms with van der Waals surface area (Å²) < 4.78 is 2.69. The van der Waals surface area contributed by atoms with E-state index in [1.165, 1.54) is 0 Å². The molecule has 0 bridgehead atoms. The molecular formula is C11H11IN2O2. The summed E-state index contributed by atoms with van der Waals surface area (Å²) in [6.07, 6.45) is 2.39. The van der Waals surface area contributed by atoms with Crippen molar-refractivity contribution in [1.82, 2.24) is 9.38 Å². The molecule has 2 aromatic rings. The lowest BCUT2D eigenvalue weighted by atomic mass is 10.1. The number of carboxylic acid groups (broad SMARTS) is 1. The Labute approximate surface area is 106 Å². The summed E-state index contributed by atoms with van der Waals surface area (Å²) in [5.74, 6) is -0.761. The Balaban J connectivity index is 2.64. The maximum Gasteiger partial charge on any atom is 0.314 e. The zero-order chi connectivity index (χ0) is 11.7. The fourth-order valence-electron chi connectivity index (χ4n) is 1.74. The van der Waals surface area contributed by atoms with Gasteiger partial charge in [-0.1, -0.05) is 13.0 Å². The van der Waals surface area contributed by atoms with Crippen LogP contribution in [0, 0.1) is 3.70 Å². The lowest BCUT2D eigenvalue weighted by Gasteiger charge is -2.07. The first kappa shape index (κ1) is 11.4. The number of aromatic nitrogens is 2. The van der Waals surface area contributed by atoms with Crippen LogP contribution in [0.15, 0.2) is 24.4 Å². The Morgan fingerprint density at radius 2 is 2.38 bits per heavy atom. The molecule has 0 fully saturated rings. The summed E-state index contributed by atoms with van der Waals surface area (Å²) in [6, 6.07) is 5.74. The third-order valence-electron chi connectivity index (χ3n) is 2.55. The van der Waals surface area contributed by atoms with Crippen LogP contribution in [-0.2, 0) is 4.79 Å². The van der Waals surface area contributed by atoms with Crippen LogP contribution in [-0.4, -0.2) is 20.5 Å². The molecule has 0 radical (unpaired) electrons. The number of carboxylic acids is 1. The Bertz CT molecular complexity index is 536. The van der Waals surface area contributed by atoms with Gasteiger partial charge in [-0.3, -0.25) is 4.79 Å². The van der Waals surface area contributed by atoms with E-state index >= 15 is 0 Å². The van der Waals surface area contributed by atoms with Gasteiger partial charge in [0.2, 0.25) is 0 Å². The fraction of sp³-hybridized carbons (Fsp3) is 0.273. The lowest BCUT2D eigenvalue weighted by Crippen LogP contribution is -2.13. The summed E-state index contributed by atoms with van der Waals surface area (Å²) in [7, 11) is 0. The molecule has 84 valence electrons. The van der Waals surface area contributed by atoms with Gasteiger partial charge in [0.15, 0.2) is 0 Å². The molecule has 0 saturated carbocycles. The van der Waals surface area contributed by atoms with E-state index in [1.807, 2.05) is 35.7 Å². The van der Waals surface area contributed by atoms with Gasteiger partial charge in [-0.2, -0.15) is 0 Å². The average Bonchev–Trinajstić information content (AvgIpc) is 2.58. The lowest BCUT2D eigenvalue weighted by molar-refractivity contribution is -0.139. The third-order valence-corrected chi connectivity index (χ3v) is 3.34. The minimum atomic E-state index is -0.824. The van der Waals surface area contributed by atoms with E-state index in [0.717, 1.165) is 9.22 Å². The van der Waals surface area contributed by atoms with Crippen molar-refractivity contribution in [3.05, 3.63) is 33.9 Å². The molecule has 2 rings (SSSR count). The number of pyridine rings is 1. The second kappa shape index (κ2) is 4.40. The van der Waals surface area contributed by atoms with Crippen LogP contribution in [0.2, 0.25) is 0 Å². The highest BCUT2D eigenvalue weighted by Gasteiger charge is 2.23. The smallest absolute Gasteiger partial charge is 0.314 e. The molecule has 16 heavy (non-hydrogen) atoms. The predicted octanol–water partition coefficient (Wildman–Crippen LogP) is 2.52. The fourth-order valence-corrected chi connectivity index (χ4v) is 2.42. The molecule has 0 spiro atoms. The Kier molecular flexibility index (Phi) is 3.13. The molecule has 0 saturated heterocycles. The molecule has 0 amide bonds. The quantitative estimate of drug-likeness (QED) is 0.880. The van der Waals surface area contributed by atoms with Gasteiger partial charge in [-0.15, -0.1) is 0 Å². The van der Waals surface area contributed by atoms with E-state index in [-0.39, 0.29) is 0 Å². The van der Waals surface area contributed by atoms with Crippen molar-refractivity contribution in [2.75, 3.05) is 0 Å².